The van der Waals surface area contributed by atoms with E-state index in [0.29, 0.717) is 5.92 Å². The summed E-state index contributed by atoms with van der Waals surface area (Å²) in [5.74, 6) is 0.485. The van der Waals surface area contributed by atoms with Gasteiger partial charge in [0.15, 0.2) is 0 Å². The number of nitrogens with one attached hydrogen (secondary N) is 1. The van der Waals surface area contributed by atoms with Gasteiger partial charge >= 0.3 is 0 Å². The molecule has 17 heavy (non-hydrogen) atoms. The summed E-state index contributed by atoms with van der Waals surface area (Å²) >= 11 is 0. The summed E-state index contributed by atoms with van der Waals surface area (Å²) in [7, 11) is 0. The fraction of sp³-hybridized carbons (Fsp3) is 0.929. The molecule has 0 unspecified atom stereocenters. The third kappa shape index (κ3) is 5.07. The zero-order chi connectivity index (χ0) is 12.9. The average Bonchev–Trinajstić information content (AvgIpc) is 2.29. The summed E-state index contributed by atoms with van der Waals surface area (Å²) < 4.78 is 0. The summed E-state index contributed by atoms with van der Waals surface area (Å²) in [6.45, 7) is 6.39. The van der Waals surface area contributed by atoms with Crippen LogP contribution in [0.2, 0.25) is 0 Å². The summed E-state index contributed by atoms with van der Waals surface area (Å²) in [5.41, 5.74) is 5.51. The first-order valence-corrected chi connectivity index (χ1v) is 7.01. The molecule has 0 saturated heterocycles. The molecule has 3 N–H and O–H groups in total. The average molecular weight is 240 g/mol. The summed E-state index contributed by atoms with van der Waals surface area (Å²) in [5, 5.41) is 3.42. The van der Waals surface area contributed by atoms with Gasteiger partial charge in [0, 0.05) is 5.54 Å². The zero-order valence-electron chi connectivity index (χ0n) is 11.6. The van der Waals surface area contributed by atoms with Crippen LogP contribution in [-0.4, -0.2) is 17.5 Å². The highest BCUT2D eigenvalue weighted by Gasteiger charge is 2.27. The molecule has 1 saturated carbocycles. The predicted octanol–water partition coefficient (Wildman–Crippen LogP) is 2.59. The molecule has 0 radical (unpaired) electrons. The maximum atomic E-state index is 11.5. The van der Waals surface area contributed by atoms with Crippen LogP contribution >= 0.6 is 0 Å². The number of nitrogens with two attached hydrogens (primary N) is 1. The second-order valence-corrected chi connectivity index (χ2v) is 6.08. The second kappa shape index (κ2) is 6.39. The van der Waals surface area contributed by atoms with Crippen LogP contribution in [0.4, 0.5) is 0 Å². The number of primary amides is 1. The lowest BCUT2D eigenvalue weighted by Gasteiger charge is -2.32. The normalized spacial score (nSPS) is 20.2. The molecule has 0 aromatic rings. The van der Waals surface area contributed by atoms with Gasteiger partial charge in [-0.3, -0.25) is 4.79 Å². The van der Waals surface area contributed by atoms with E-state index < -0.39 is 0 Å². The molecule has 3 heteroatoms. The van der Waals surface area contributed by atoms with E-state index in [1.807, 2.05) is 0 Å². The Hall–Kier alpha value is -0.570. The molecular formula is C14H28N2O. The van der Waals surface area contributed by atoms with E-state index in [1.165, 1.54) is 32.1 Å². The maximum Gasteiger partial charge on any atom is 0.234 e. The van der Waals surface area contributed by atoms with Crippen LogP contribution in [0.1, 0.15) is 65.7 Å². The van der Waals surface area contributed by atoms with Gasteiger partial charge in [-0.1, -0.05) is 39.0 Å². The van der Waals surface area contributed by atoms with Gasteiger partial charge in [-0.15, -0.1) is 0 Å². The van der Waals surface area contributed by atoms with Gasteiger partial charge in [0.2, 0.25) is 5.91 Å². The van der Waals surface area contributed by atoms with Gasteiger partial charge in [0.1, 0.15) is 0 Å². The quantitative estimate of drug-likeness (QED) is 0.750. The molecule has 3 nitrogen and oxygen atoms in total. The minimum Gasteiger partial charge on any atom is -0.368 e. The molecule has 1 rings (SSSR count). The van der Waals surface area contributed by atoms with Crippen LogP contribution in [0.5, 0.6) is 0 Å². The van der Waals surface area contributed by atoms with Crippen LogP contribution in [0.15, 0.2) is 0 Å². The van der Waals surface area contributed by atoms with E-state index in [9.17, 15) is 4.79 Å². The van der Waals surface area contributed by atoms with Crippen molar-refractivity contribution in [3.05, 3.63) is 0 Å². The van der Waals surface area contributed by atoms with Crippen molar-refractivity contribution in [2.24, 2.45) is 11.7 Å². The first-order chi connectivity index (χ1) is 7.94. The second-order valence-electron chi connectivity index (χ2n) is 6.08. The summed E-state index contributed by atoms with van der Waals surface area (Å²) in [6, 6.07) is -0.159. The summed E-state index contributed by atoms with van der Waals surface area (Å²) in [6.07, 6.45) is 8.42. The van der Waals surface area contributed by atoms with Crippen molar-refractivity contribution in [3.8, 4) is 0 Å². The molecule has 1 atom stereocenters. The van der Waals surface area contributed by atoms with Gasteiger partial charge in [-0.25, -0.2) is 0 Å². The van der Waals surface area contributed by atoms with E-state index in [1.54, 1.807) is 0 Å². The molecule has 0 aromatic heterocycles. The van der Waals surface area contributed by atoms with Crippen molar-refractivity contribution in [3.63, 3.8) is 0 Å². The molecule has 1 fully saturated rings. The van der Waals surface area contributed by atoms with E-state index in [0.717, 1.165) is 12.8 Å². The third-order valence-electron chi connectivity index (χ3n) is 4.09. The Morgan fingerprint density at radius 3 is 2.41 bits per heavy atom. The lowest BCUT2D eigenvalue weighted by atomic mass is 9.84. The molecule has 1 aliphatic carbocycles. The van der Waals surface area contributed by atoms with Crippen LogP contribution < -0.4 is 11.1 Å². The minimum atomic E-state index is -0.197. The Morgan fingerprint density at radius 2 is 1.94 bits per heavy atom. The third-order valence-corrected chi connectivity index (χ3v) is 4.09. The number of hydrogen-bond acceptors (Lipinski definition) is 2. The number of amides is 1. The highest BCUT2D eigenvalue weighted by Crippen LogP contribution is 2.27. The molecular weight excluding hydrogens is 212 g/mol. The Labute approximate surface area is 106 Å². The smallest absolute Gasteiger partial charge is 0.234 e. The molecule has 0 aliphatic heterocycles. The Morgan fingerprint density at radius 1 is 1.35 bits per heavy atom. The maximum absolute atomic E-state index is 11.5. The fourth-order valence-corrected chi connectivity index (χ4v) is 2.58. The Bertz CT molecular complexity index is 245. The Balaban J connectivity index is 2.50. The van der Waals surface area contributed by atoms with Gasteiger partial charge in [0.05, 0.1) is 6.04 Å². The van der Waals surface area contributed by atoms with Gasteiger partial charge < -0.3 is 11.1 Å². The molecule has 0 heterocycles. The molecule has 0 aromatic carbocycles. The molecule has 0 bridgehead atoms. The van der Waals surface area contributed by atoms with Crippen LogP contribution in [-0.2, 0) is 4.79 Å². The highest BCUT2D eigenvalue weighted by molar-refractivity contribution is 5.79. The Kier molecular flexibility index (Phi) is 5.44. The van der Waals surface area contributed by atoms with Crippen LogP contribution in [0, 0.1) is 5.92 Å². The van der Waals surface area contributed by atoms with Crippen LogP contribution in [0.3, 0.4) is 0 Å². The van der Waals surface area contributed by atoms with E-state index in [-0.39, 0.29) is 17.5 Å². The first-order valence-electron chi connectivity index (χ1n) is 7.01. The predicted molar refractivity (Wildman–Crippen MR) is 71.7 cm³/mol. The van der Waals surface area contributed by atoms with Crippen LogP contribution in [0.25, 0.3) is 0 Å². The van der Waals surface area contributed by atoms with Gasteiger partial charge in [-0.2, -0.15) is 0 Å². The number of carbonyl (C=O) groups excluding carboxylic acids is 1. The first kappa shape index (κ1) is 14.5. The lowest BCUT2D eigenvalue weighted by molar-refractivity contribution is -0.121. The molecule has 1 amide bonds. The standard InChI is InChI=1S/C14H28N2O/c1-4-14(2,3)16-12(13(15)17)10-11-8-6-5-7-9-11/h11-12,16H,4-10H2,1-3H3,(H2,15,17)/t12-/m0/s1. The zero-order valence-corrected chi connectivity index (χ0v) is 11.6. The molecule has 100 valence electrons. The van der Waals surface area contributed by atoms with Crippen molar-refractivity contribution in [2.45, 2.75) is 77.3 Å². The van der Waals surface area contributed by atoms with E-state index in [4.69, 9.17) is 5.73 Å². The van der Waals surface area contributed by atoms with E-state index in [2.05, 4.69) is 26.1 Å². The van der Waals surface area contributed by atoms with Crippen molar-refractivity contribution in [1.29, 1.82) is 0 Å². The van der Waals surface area contributed by atoms with Gasteiger partial charge in [-0.05, 0) is 32.6 Å². The largest absolute Gasteiger partial charge is 0.368 e. The van der Waals surface area contributed by atoms with Gasteiger partial charge in [0.25, 0.3) is 0 Å². The minimum absolute atomic E-state index is 0.00559. The number of rotatable bonds is 6. The SMILES string of the molecule is CCC(C)(C)N[C@@H](CC1CCCCC1)C(N)=O. The lowest BCUT2D eigenvalue weighted by Crippen LogP contribution is -2.52. The van der Waals surface area contributed by atoms with Crippen molar-refractivity contribution >= 4 is 5.91 Å². The van der Waals surface area contributed by atoms with Crippen molar-refractivity contribution in [1.82, 2.24) is 5.32 Å². The topological polar surface area (TPSA) is 55.1 Å². The molecule has 0 spiro atoms. The van der Waals surface area contributed by atoms with Crippen molar-refractivity contribution < 1.29 is 4.79 Å². The van der Waals surface area contributed by atoms with E-state index >= 15 is 0 Å². The number of hydrogen-bond donors (Lipinski definition) is 2. The molecule has 1 aliphatic rings. The number of carbonyl (C=O) groups is 1. The monoisotopic (exact) mass is 240 g/mol. The summed E-state index contributed by atoms with van der Waals surface area (Å²) in [4.78, 5) is 11.5. The highest BCUT2D eigenvalue weighted by atomic mass is 16.1. The fourth-order valence-electron chi connectivity index (χ4n) is 2.58. The van der Waals surface area contributed by atoms with Crippen molar-refractivity contribution in [2.75, 3.05) is 0 Å².